The van der Waals surface area contributed by atoms with Crippen LogP contribution in [0.4, 0.5) is 13.2 Å². The molecule has 1 aliphatic rings. The molecule has 3 rings (SSSR count). The van der Waals surface area contributed by atoms with E-state index in [1.807, 2.05) is 24.3 Å². The van der Waals surface area contributed by atoms with Gasteiger partial charge in [0.15, 0.2) is 6.10 Å². The van der Waals surface area contributed by atoms with Crippen molar-refractivity contribution < 1.29 is 27.5 Å². The van der Waals surface area contributed by atoms with Gasteiger partial charge in [-0.05, 0) is 47.5 Å². The summed E-state index contributed by atoms with van der Waals surface area (Å²) in [4.78, 5) is 19.5. The van der Waals surface area contributed by atoms with Crippen LogP contribution >= 0.6 is 0 Å². The van der Waals surface area contributed by atoms with Gasteiger partial charge < -0.3 is 14.5 Å². The van der Waals surface area contributed by atoms with Crippen molar-refractivity contribution in [1.29, 1.82) is 0 Å². The first-order chi connectivity index (χ1) is 14.3. The minimum absolute atomic E-state index is 0.101. The van der Waals surface area contributed by atoms with Crippen LogP contribution in [0.5, 0.6) is 5.75 Å². The number of rotatable bonds is 7. The van der Waals surface area contributed by atoms with E-state index in [-0.39, 0.29) is 18.6 Å². The Morgan fingerprint density at radius 1 is 1.17 bits per heavy atom. The number of carbonyl (C=O) groups is 1. The van der Waals surface area contributed by atoms with Crippen LogP contribution in [0.3, 0.4) is 0 Å². The number of alkyl halides is 3. The Kier molecular flexibility index (Phi) is 6.64. The fraction of sp³-hybridized carbons (Fsp3) is 0.364. The van der Waals surface area contributed by atoms with Crippen LogP contribution in [0.15, 0.2) is 53.7 Å². The molecular formula is C22H23F3N2O3. The summed E-state index contributed by atoms with van der Waals surface area (Å²) in [6.45, 7) is 2.26. The fourth-order valence-electron chi connectivity index (χ4n) is 3.22. The third-order valence-corrected chi connectivity index (χ3v) is 4.89. The van der Waals surface area contributed by atoms with E-state index < -0.39 is 11.7 Å². The van der Waals surface area contributed by atoms with Gasteiger partial charge in [0.2, 0.25) is 5.91 Å². The second kappa shape index (κ2) is 9.19. The molecule has 0 unspecified atom stereocenters. The molecule has 0 aromatic heterocycles. The predicted octanol–water partition coefficient (Wildman–Crippen LogP) is 4.65. The summed E-state index contributed by atoms with van der Waals surface area (Å²) in [6.07, 6.45) is -3.87. The number of halogens is 3. The number of benzene rings is 2. The number of amides is 1. The van der Waals surface area contributed by atoms with Gasteiger partial charge in [0.25, 0.3) is 0 Å². The zero-order chi connectivity index (χ0) is 21.7. The topological polar surface area (TPSA) is 51.1 Å². The summed E-state index contributed by atoms with van der Waals surface area (Å²) in [5, 5.41) is 4.14. The Morgan fingerprint density at radius 3 is 2.40 bits per heavy atom. The van der Waals surface area contributed by atoms with E-state index in [0.717, 1.165) is 29.2 Å². The molecule has 2 aromatic carbocycles. The highest BCUT2D eigenvalue weighted by atomic mass is 19.4. The predicted molar refractivity (Wildman–Crippen MR) is 106 cm³/mol. The van der Waals surface area contributed by atoms with Crippen LogP contribution in [-0.4, -0.2) is 36.3 Å². The maximum atomic E-state index is 12.8. The van der Waals surface area contributed by atoms with Crippen molar-refractivity contribution in [3.05, 3.63) is 65.2 Å². The lowest BCUT2D eigenvalue weighted by Crippen LogP contribution is -2.36. The highest BCUT2D eigenvalue weighted by molar-refractivity contribution is 6.01. The molecule has 0 saturated heterocycles. The fourth-order valence-corrected chi connectivity index (χ4v) is 3.22. The van der Waals surface area contributed by atoms with E-state index in [1.54, 1.807) is 18.9 Å². The summed E-state index contributed by atoms with van der Waals surface area (Å²) in [5.41, 5.74) is 1.60. The van der Waals surface area contributed by atoms with Crippen molar-refractivity contribution in [2.24, 2.45) is 5.16 Å². The Labute approximate surface area is 173 Å². The number of hydrogen-bond donors (Lipinski definition) is 0. The van der Waals surface area contributed by atoms with Gasteiger partial charge in [-0.3, -0.25) is 4.79 Å². The van der Waals surface area contributed by atoms with Crippen LogP contribution < -0.4 is 4.74 Å². The van der Waals surface area contributed by atoms with Crippen LogP contribution in [0, 0.1) is 0 Å². The summed E-state index contributed by atoms with van der Waals surface area (Å²) in [5.74, 6) is 0.641. The largest absolute Gasteiger partial charge is 0.497 e. The lowest BCUT2D eigenvalue weighted by atomic mass is 10.0. The second-order valence-corrected chi connectivity index (χ2v) is 7.02. The molecule has 1 aliphatic heterocycles. The van der Waals surface area contributed by atoms with E-state index in [4.69, 9.17) is 9.57 Å². The molecule has 0 aliphatic carbocycles. The third kappa shape index (κ3) is 5.31. The molecule has 1 heterocycles. The number of ether oxygens (including phenoxy) is 1. The molecule has 0 bridgehead atoms. The molecule has 1 amide bonds. The SMILES string of the molecule is CCC(=O)N(Cc1ccc(C(F)(F)F)cc1)C[C@@H]1CC(c2ccc(OC)cc2)=NO1. The van der Waals surface area contributed by atoms with E-state index in [0.29, 0.717) is 24.9 Å². The standard InChI is InChI=1S/C22H23F3N2O3/c1-3-21(28)27(13-15-4-8-17(9-5-15)22(23,24)25)14-19-12-20(26-30-19)16-6-10-18(29-2)11-7-16/h4-11,19H,3,12-14H2,1-2H3/t19-/m0/s1. The molecule has 1 atom stereocenters. The van der Waals surface area contributed by atoms with Crippen LogP contribution in [0.25, 0.3) is 0 Å². The van der Waals surface area contributed by atoms with E-state index >= 15 is 0 Å². The highest BCUT2D eigenvalue weighted by Gasteiger charge is 2.30. The van der Waals surface area contributed by atoms with Crippen molar-refractivity contribution in [2.75, 3.05) is 13.7 Å². The van der Waals surface area contributed by atoms with Gasteiger partial charge in [0, 0.05) is 19.4 Å². The number of hydrogen-bond acceptors (Lipinski definition) is 4. The molecule has 0 saturated carbocycles. The zero-order valence-corrected chi connectivity index (χ0v) is 16.8. The van der Waals surface area contributed by atoms with Crippen molar-refractivity contribution in [3.8, 4) is 5.75 Å². The quantitative estimate of drug-likeness (QED) is 0.656. The minimum Gasteiger partial charge on any atom is -0.497 e. The first-order valence-corrected chi connectivity index (χ1v) is 9.61. The molecular weight excluding hydrogens is 397 g/mol. The molecule has 2 aromatic rings. The van der Waals surface area contributed by atoms with Gasteiger partial charge >= 0.3 is 6.18 Å². The number of oxime groups is 1. The summed E-state index contributed by atoms with van der Waals surface area (Å²) >= 11 is 0. The Morgan fingerprint density at radius 2 is 1.83 bits per heavy atom. The average Bonchev–Trinajstić information content (AvgIpc) is 3.21. The minimum atomic E-state index is -4.38. The van der Waals surface area contributed by atoms with Gasteiger partial charge in [0.05, 0.1) is 24.9 Å². The average molecular weight is 420 g/mol. The normalized spacial score (nSPS) is 16.0. The summed E-state index contributed by atoms with van der Waals surface area (Å²) < 4.78 is 43.4. The van der Waals surface area contributed by atoms with Gasteiger partial charge in [-0.15, -0.1) is 0 Å². The van der Waals surface area contributed by atoms with E-state index in [1.165, 1.54) is 12.1 Å². The Bertz CT molecular complexity index is 893. The lowest BCUT2D eigenvalue weighted by molar-refractivity contribution is -0.137. The zero-order valence-electron chi connectivity index (χ0n) is 16.8. The van der Waals surface area contributed by atoms with Gasteiger partial charge in [-0.2, -0.15) is 13.2 Å². The molecule has 0 fully saturated rings. The number of methoxy groups -OCH3 is 1. The second-order valence-electron chi connectivity index (χ2n) is 7.02. The first-order valence-electron chi connectivity index (χ1n) is 9.61. The van der Waals surface area contributed by atoms with Crippen molar-refractivity contribution in [2.45, 2.75) is 38.6 Å². The van der Waals surface area contributed by atoms with Crippen molar-refractivity contribution in [1.82, 2.24) is 4.90 Å². The number of carbonyl (C=O) groups excluding carboxylic acids is 1. The monoisotopic (exact) mass is 420 g/mol. The lowest BCUT2D eigenvalue weighted by Gasteiger charge is -2.24. The van der Waals surface area contributed by atoms with E-state index in [2.05, 4.69) is 5.16 Å². The van der Waals surface area contributed by atoms with Gasteiger partial charge in [-0.1, -0.05) is 24.2 Å². The molecule has 0 N–H and O–H groups in total. The Balaban J connectivity index is 1.63. The van der Waals surface area contributed by atoms with Crippen molar-refractivity contribution in [3.63, 3.8) is 0 Å². The summed E-state index contributed by atoms with van der Waals surface area (Å²) in [6, 6.07) is 12.3. The molecule has 8 heteroatoms. The maximum absolute atomic E-state index is 12.8. The molecule has 5 nitrogen and oxygen atoms in total. The van der Waals surface area contributed by atoms with Crippen molar-refractivity contribution >= 4 is 11.6 Å². The Hall–Kier alpha value is -3.03. The molecule has 30 heavy (non-hydrogen) atoms. The van der Waals surface area contributed by atoms with Crippen LogP contribution in [0.2, 0.25) is 0 Å². The molecule has 0 radical (unpaired) electrons. The van der Waals surface area contributed by atoms with Gasteiger partial charge in [-0.25, -0.2) is 0 Å². The smallest absolute Gasteiger partial charge is 0.416 e. The van der Waals surface area contributed by atoms with Crippen LogP contribution in [0.1, 0.15) is 36.5 Å². The summed E-state index contributed by atoms with van der Waals surface area (Å²) in [7, 11) is 1.59. The van der Waals surface area contributed by atoms with Crippen LogP contribution in [-0.2, 0) is 22.4 Å². The third-order valence-electron chi connectivity index (χ3n) is 4.89. The highest BCUT2D eigenvalue weighted by Crippen LogP contribution is 2.29. The van der Waals surface area contributed by atoms with E-state index in [9.17, 15) is 18.0 Å². The molecule has 160 valence electrons. The van der Waals surface area contributed by atoms with Gasteiger partial charge in [0.1, 0.15) is 5.75 Å². The molecule has 0 spiro atoms. The number of nitrogens with zero attached hydrogens (tertiary/aromatic N) is 2. The first kappa shape index (κ1) is 21.7. The maximum Gasteiger partial charge on any atom is 0.416 e.